The van der Waals surface area contributed by atoms with Crippen molar-refractivity contribution in [2.45, 2.75) is 72.3 Å². The summed E-state index contributed by atoms with van der Waals surface area (Å²) in [6, 6.07) is 0. The first-order chi connectivity index (χ1) is 12.1. The number of hydrogen-bond acceptors (Lipinski definition) is 4. The van der Waals surface area contributed by atoms with Crippen LogP contribution in [-0.2, 0) is 19.1 Å². The van der Waals surface area contributed by atoms with E-state index in [1.165, 1.54) is 12.2 Å². The second-order valence-corrected chi connectivity index (χ2v) is 7.93. The van der Waals surface area contributed by atoms with E-state index in [4.69, 9.17) is 4.74 Å². The van der Waals surface area contributed by atoms with Gasteiger partial charge in [-0.1, -0.05) is 34.1 Å². The lowest BCUT2D eigenvalue weighted by Crippen LogP contribution is -2.39. The van der Waals surface area contributed by atoms with Crippen LogP contribution in [0, 0.1) is 5.41 Å². The molecular formula is C20H34N2O4. The first kappa shape index (κ1) is 22.4. The summed E-state index contributed by atoms with van der Waals surface area (Å²) in [5.74, 6) is -0.744. The van der Waals surface area contributed by atoms with Gasteiger partial charge in [0, 0.05) is 38.3 Å². The van der Waals surface area contributed by atoms with E-state index in [1.54, 1.807) is 0 Å². The van der Waals surface area contributed by atoms with Gasteiger partial charge in [-0.15, -0.1) is 0 Å². The molecule has 1 aliphatic rings. The predicted octanol–water partition coefficient (Wildman–Crippen LogP) is 2.82. The van der Waals surface area contributed by atoms with Crippen molar-refractivity contribution in [3.8, 4) is 0 Å². The monoisotopic (exact) mass is 366 g/mol. The van der Waals surface area contributed by atoms with Crippen molar-refractivity contribution in [1.29, 1.82) is 0 Å². The van der Waals surface area contributed by atoms with Crippen LogP contribution in [-0.4, -0.2) is 47.9 Å². The van der Waals surface area contributed by atoms with E-state index in [0.717, 1.165) is 24.2 Å². The Kier molecular flexibility index (Phi) is 8.47. The van der Waals surface area contributed by atoms with E-state index in [2.05, 4.69) is 33.0 Å². The van der Waals surface area contributed by atoms with Crippen molar-refractivity contribution in [2.75, 3.05) is 19.7 Å². The topological polar surface area (TPSA) is 75.7 Å². The van der Waals surface area contributed by atoms with Gasteiger partial charge >= 0.3 is 0 Å². The van der Waals surface area contributed by atoms with E-state index in [-0.39, 0.29) is 41.8 Å². The maximum atomic E-state index is 12.1. The van der Waals surface area contributed by atoms with Gasteiger partial charge in [0.2, 0.25) is 5.91 Å². The summed E-state index contributed by atoms with van der Waals surface area (Å²) in [5, 5.41) is 2.77. The van der Waals surface area contributed by atoms with Gasteiger partial charge in [0.05, 0.1) is 5.60 Å². The van der Waals surface area contributed by atoms with Gasteiger partial charge in [0.15, 0.2) is 0 Å². The molecule has 1 rings (SSSR count). The molecule has 1 N–H and O–H groups in total. The molecule has 0 spiro atoms. The Hall–Kier alpha value is -1.69. The highest BCUT2D eigenvalue weighted by molar-refractivity contribution is 6.12. The molecule has 1 heterocycles. The maximum absolute atomic E-state index is 12.1. The average Bonchev–Trinajstić information content (AvgIpc) is 2.92. The second kappa shape index (κ2) is 9.86. The molecule has 1 unspecified atom stereocenters. The smallest absolute Gasteiger partial charge is 0.253 e. The minimum atomic E-state index is -0.328. The molecule has 0 saturated carbocycles. The molecule has 6 heteroatoms. The summed E-state index contributed by atoms with van der Waals surface area (Å²) >= 11 is 0. The second-order valence-electron chi connectivity index (χ2n) is 7.93. The summed E-state index contributed by atoms with van der Waals surface area (Å²) in [6.45, 7) is 11.9. The van der Waals surface area contributed by atoms with Gasteiger partial charge in [-0.25, -0.2) is 0 Å². The number of nitrogens with one attached hydrogen (secondary N) is 1. The predicted molar refractivity (Wildman–Crippen MR) is 101 cm³/mol. The number of rotatable bonds is 12. The number of ether oxygens (including phenoxy) is 1. The Morgan fingerprint density at radius 2 is 1.69 bits per heavy atom. The Morgan fingerprint density at radius 3 is 2.23 bits per heavy atom. The van der Waals surface area contributed by atoms with Gasteiger partial charge in [-0.2, -0.15) is 0 Å². The van der Waals surface area contributed by atoms with Crippen LogP contribution in [0.1, 0.15) is 66.7 Å². The lowest BCUT2D eigenvalue weighted by atomic mass is 9.87. The normalized spacial score (nSPS) is 16.9. The number of carbonyl (C=O) groups excluding carboxylic acids is 3. The highest BCUT2D eigenvalue weighted by Gasteiger charge is 2.26. The standard InChI is InChI=1S/C20H34N2O4/c1-6-19(3,4)12-15-26-20(5,7-2)11-10-16(23)21-13-14-22-17(24)8-9-18(22)25/h8-9H,6-7,10-15H2,1-5H3,(H,21,23). The molecule has 0 saturated heterocycles. The van der Waals surface area contributed by atoms with Crippen LogP contribution < -0.4 is 5.32 Å². The summed E-state index contributed by atoms with van der Waals surface area (Å²) < 4.78 is 6.09. The zero-order chi connectivity index (χ0) is 19.8. The lowest BCUT2D eigenvalue weighted by Gasteiger charge is -2.31. The summed E-state index contributed by atoms with van der Waals surface area (Å²) in [6.07, 6.45) is 6.44. The minimum absolute atomic E-state index is 0.0887. The molecule has 3 amide bonds. The van der Waals surface area contributed by atoms with Crippen LogP contribution >= 0.6 is 0 Å². The zero-order valence-electron chi connectivity index (χ0n) is 16.9. The molecular weight excluding hydrogens is 332 g/mol. The number of hydrogen-bond donors (Lipinski definition) is 1. The molecule has 148 valence electrons. The third-order valence-electron chi connectivity index (χ3n) is 5.37. The van der Waals surface area contributed by atoms with Crippen molar-refractivity contribution >= 4 is 17.7 Å². The van der Waals surface area contributed by atoms with Gasteiger partial charge in [0.25, 0.3) is 11.8 Å². The molecule has 0 radical (unpaired) electrons. The molecule has 0 aromatic heterocycles. The van der Waals surface area contributed by atoms with Crippen LogP contribution in [0.4, 0.5) is 0 Å². The third-order valence-corrected chi connectivity index (χ3v) is 5.37. The van der Waals surface area contributed by atoms with Crippen LogP contribution in [0.15, 0.2) is 12.2 Å². The van der Waals surface area contributed by atoms with Crippen molar-refractivity contribution in [3.05, 3.63) is 12.2 Å². The van der Waals surface area contributed by atoms with Crippen molar-refractivity contribution in [3.63, 3.8) is 0 Å². The van der Waals surface area contributed by atoms with E-state index in [9.17, 15) is 14.4 Å². The molecule has 0 aromatic carbocycles. The molecule has 26 heavy (non-hydrogen) atoms. The fourth-order valence-corrected chi connectivity index (χ4v) is 2.53. The van der Waals surface area contributed by atoms with Crippen molar-refractivity contribution in [1.82, 2.24) is 10.2 Å². The van der Waals surface area contributed by atoms with Crippen LogP contribution in [0.2, 0.25) is 0 Å². The quantitative estimate of drug-likeness (QED) is 0.539. The highest BCUT2D eigenvalue weighted by Crippen LogP contribution is 2.27. The number of imide groups is 1. The molecule has 0 fully saturated rings. The molecule has 0 aromatic rings. The zero-order valence-corrected chi connectivity index (χ0v) is 16.9. The first-order valence-corrected chi connectivity index (χ1v) is 9.56. The summed E-state index contributed by atoms with van der Waals surface area (Å²) in [5.41, 5.74) is -0.0444. The fourth-order valence-electron chi connectivity index (χ4n) is 2.53. The Balaban J connectivity index is 2.29. The van der Waals surface area contributed by atoms with Gasteiger partial charge in [-0.05, 0) is 31.6 Å². The van der Waals surface area contributed by atoms with Gasteiger partial charge in [0.1, 0.15) is 0 Å². The van der Waals surface area contributed by atoms with E-state index in [1.807, 2.05) is 6.92 Å². The number of carbonyl (C=O) groups is 3. The van der Waals surface area contributed by atoms with Crippen LogP contribution in [0.25, 0.3) is 0 Å². The first-order valence-electron chi connectivity index (χ1n) is 9.56. The van der Waals surface area contributed by atoms with Crippen LogP contribution in [0.5, 0.6) is 0 Å². The van der Waals surface area contributed by atoms with Gasteiger partial charge in [-0.3, -0.25) is 19.3 Å². The fraction of sp³-hybridized carbons (Fsp3) is 0.750. The third kappa shape index (κ3) is 7.28. The van der Waals surface area contributed by atoms with Gasteiger partial charge < -0.3 is 10.1 Å². The molecule has 0 bridgehead atoms. The van der Waals surface area contributed by atoms with Crippen LogP contribution in [0.3, 0.4) is 0 Å². The molecule has 1 aliphatic heterocycles. The average molecular weight is 367 g/mol. The van der Waals surface area contributed by atoms with E-state index < -0.39 is 0 Å². The van der Waals surface area contributed by atoms with Crippen molar-refractivity contribution < 1.29 is 19.1 Å². The Labute approximate surface area is 157 Å². The SMILES string of the molecule is CCC(C)(C)CCOC(C)(CC)CCC(=O)NCCN1C(=O)C=CC1=O. The summed E-state index contributed by atoms with van der Waals surface area (Å²) in [4.78, 5) is 36.0. The Bertz CT molecular complexity index is 524. The molecule has 0 aliphatic carbocycles. The maximum Gasteiger partial charge on any atom is 0.253 e. The van der Waals surface area contributed by atoms with E-state index >= 15 is 0 Å². The Morgan fingerprint density at radius 1 is 1.08 bits per heavy atom. The summed E-state index contributed by atoms with van der Waals surface area (Å²) in [7, 11) is 0. The highest BCUT2D eigenvalue weighted by atomic mass is 16.5. The molecule has 1 atom stereocenters. The number of amides is 3. The number of nitrogens with zero attached hydrogens (tertiary/aromatic N) is 1. The largest absolute Gasteiger partial charge is 0.375 e. The lowest BCUT2D eigenvalue weighted by molar-refractivity contribution is -0.137. The minimum Gasteiger partial charge on any atom is -0.375 e. The van der Waals surface area contributed by atoms with E-state index in [0.29, 0.717) is 19.4 Å². The van der Waals surface area contributed by atoms with Crippen molar-refractivity contribution in [2.24, 2.45) is 5.41 Å². The molecule has 6 nitrogen and oxygen atoms in total.